The van der Waals surface area contributed by atoms with Crippen molar-refractivity contribution in [3.63, 3.8) is 0 Å². The standard InChI is InChI=1S/C20H20N2O3/c1-11-7-5-6-8-17(11)22-13(3)20(14(4)23)16-10-19(24)15(9-18(16)22)12(2)21-25/h5-10,24-25H,1-4H3/b21-12+. The number of Topliss-reactive ketones (excluding diaryl/α,β-unsaturated/α-hetero) is 1. The van der Waals surface area contributed by atoms with Crippen LogP contribution in [0.4, 0.5) is 0 Å². The number of phenols is 1. The Morgan fingerprint density at radius 2 is 1.80 bits per heavy atom. The predicted octanol–water partition coefficient (Wildman–Crippen LogP) is 4.35. The number of aryl methyl sites for hydroxylation is 1. The Bertz CT molecular complexity index is 1030. The van der Waals surface area contributed by atoms with Crippen molar-refractivity contribution in [2.75, 3.05) is 0 Å². The second-order valence-electron chi connectivity index (χ2n) is 6.21. The van der Waals surface area contributed by atoms with Crippen molar-refractivity contribution in [2.45, 2.75) is 27.7 Å². The summed E-state index contributed by atoms with van der Waals surface area (Å²) in [5.74, 6) is -0.0817. The Balaban J connectivity index is 2.50. The molecule has 0 aliphatic carbocycles. The number of para-hydroxylation sites is 1. The molecule has 0 saturated carbocycles. The fourth-order valence-electron chi connectivity index (χ4n) is 3.36. The molecule has 0 amide bonds. The molecule has 3 aromatic rings. The van der Waals surface area contributed by atoms with E-state index in [-0.39, 0.29) is 11.5 Å². The molecule has 0 unspecified atom stereocenters. The zero-order valence-electron chi connectivity index (χ0n) is 14.7. The van der Waals surface area contributed by atoms with Gasteiger partial charge in [-0.25, -0.2) is 0 Å². The molecule has 1 aromatic heterocycles. The highest BCUT2D eigenvalue weighted by atomic mass is 16.4. The third-order valence-electron chi connectivity index (χ3n) is 4.57. The largest absolute Gasteiger partial charge is 0.507 e. The van der Waals surface area contributed by atoms with Crippen LogP contribution in [-0.2, 0) is 0 Å². The molecule has 5 nitrogen and oxygen atoms in total. The fourth-order valence-corrected chi connectivity index (χ4v) is 3.36. The summed E-state index contributed by atoms with van der Waals surface area (Å²) in [4.78, 5) is 12.2. The monoisotopic (exact) mass is 336 g/mol. The Hall–Kier alpha value is -3.08. The molecule has 0 spiro atoms. The number of nitrogens with zero attached hydrogens (tertiary/aromatic N) is 2. The number of rotatable bonds is 3. The highest BCUT2D eigenvalue weighted by Crippen LogP contribution is 2.35. The summed E-state index contributed by atoms with van der Waals surface area (Å²) in [5, 5.41) is 23.3. The topological polar surface area (TPSA) is 74.8 Å². The lowest BCUT2D eigenvalue weighted by Crippen LogP contribution is -2.02. The zero-order valence-corrected chi connectivity index (χ0v) is 14.7. The second kappa shape index (κ2) is 6.09. The van der Waals surface area contributed by atoms with Gasteiger partial charge in [-0.05, 0) is 51.5 Å². The summed E-state index contributed by atoms with van der Waals surface area (Å²) in [6.45, 7) is 7.04. The first-order valence-electron chi connectivity index (χ1n) is 8.00. The maximum Gasteiger partial charge on any atom is 0.162 e. The molecule has 0 saturated heterocycles. The molecule has 0 aliphatic heterocycles. The van der Waals surface area contributed by atoms with Crippen LogP contribution in [0.3, 0.4) is 0 Å². The molecule has 0 fully saturated rings. The smallest absolute Gasteiger partial charge is 0.162 e. The van der Waals surface area contributed by atoms with Crippen molar-refractivity contribution in [1.82, 2.24) is 4.57 Å². The molecular formula is C20H20N2O3. The van der Waals surface area contributed by atoms with Crippen molar-refractivity contribution in [1.29, 1.82) is 0 Å². The van der Waals surface area contributed by atoms with Crippen LogP contribution in [0.5, 0.6) is 5.75 Å². The lowest BCUT2D eigenvalue weighted by molar-refractivity contribution is 0.101. The number of aromatic nitrogens is 1. The zero-order chi connectivity index (χ0) is 18.3. The van der Waals surface area contributed by atoms with Crippen LogP contribution >= 0.6 is 0 Å². The number of fused-ring (bicyclic) bond motifs is 1. The maximum atomic E-state index is 12.2. The van der Waals surface area contributed by atoms with E-state index in [1.807, 2.05) is 42.7 Å². The molecule has 5 heteroatoms. The van der Waals surface area contributed by atoms with Gasteiger partial charge in [-0.15, -0.1) is 0 Å². The summed E-state index contributed by atoms with van der Waals surface area (Å²) in [6.07, 6.45) is 0. The molecule has 25 heavy (non-hydrogen) atoms. The van der Waals surface area contributed by atoms with Gasteiger partial charge in [-0.2, -0.15) is 0 Å². The van der Waals surface area contributed by atoms with Gasteiger partial charge in [0.05, 0.1) is 11.2 Å². The normalized spacial score (nSPS) is 11.9. The number of aromatic hydroxyl groups is 1. The van der Waals surface area contributed by atoms with Crippen molar-refractivity contribution < 1.29 is 15.1 Å². The van der Waals surface area contributed by atoms with Gasteiger partial charge < -0.3 is 14.9 Å². The number of ketones is 1. The molecular weight excluding hydrogens is 316 g/mol. The first kappa shape index (κ1) is 16.8. The lowest BCUT2D eigenvalue weighted by atomic mass is 10.0. The van der Waals surface area contributed by atoms with Crippen molar-refractivity contribution >= 4 is 22.4 Å². The molecule has 0 radical (unpaired) electrons. The van der Waals surface area contributed by atoms with Gasteiger partial charge in [0.2, 0.25) is 0 Å². The first-order chi connectivity index (χ1) is 11.9. The average Bonchev–Trinajstić information content (AvgIpc) is 2.85. The summed E-state index contributed by atoms with van der Waals surface area (Å²) >= 11 is 0. The fraction of sp³-hybridized carbons (Fsp3) is 0.200. The van der Waals surface area contributed by atoms with E-state index in [1.54, 1.807) is 19.1 Å². The summed E-state index contributed by atoms with van der Waals surface area (Å²) in [6, 6.07) is 11.2. The Kier molecular flexibility index (Phi) is 4.08. The number of carbonyl (C=O) groups excluding carboxylic acids is 1. The van der Waals surface area contributed by atoms with Crippen LogP contribution in [0.15, 0.2) is 41.6 Å². The van der Waals surface area contributed by atoms with Crippen molar-refractivity contribution in [3.8, 4) is 11.4 Å². The Morgan fingerprint density at radius 3 is 2.40 bits per heavy atom. The van der Waals surface area contributed by atoms with Gasteiger partial charge in [0.25, 0.3) is 0 Å². The van der Waals surface area contributed by atoms with Crippen LogP contribution in [0.25, 0.3) is 16.6 Å². The molecule has 128 valence electrons. The van der Waals surface area contributed by atoms with E-state index in [0.29, 0.717) is 22.2 Å². The maximum absolute atomic E-state index is 12.2. The Morgan fingerprint density at radius 1 is 1.12 bits per heavy atom. The molecule has 3 rings (SSSR count). The van der Waals surface area contributed by atoms with E-state index in [2.05, 4.69) is 5.16 Å². The van der Waals surface area contributed by atoms with Gasteiger partial charge in [0.1, 0.15) is 5.75 Å². The Labute approximate surface area is 145 Å². The van der Waals surface area contributed by atoms with Crippen LogP contribution < -0.4 is 0 Å². The SMILES string of the molecule is CC(=O)c1c(C)n(-c2ccccc2C)c2cc(/C(C)=N/O)c(O)cc12. The number of phenolic OH excluding ortho intramolecular Hbond substituents is 1. The minimum absolute atomic E-state index is 0.0211. The molecule has 2 aromatic carbocycles. The molecule has 0 aliphatic rings. The van der Waals surface area contributed by atoms with E-state index < -0.39 is 0 Å². The quantitative estimate of drug-likeness (QED) is 0.323. The number of carbonyl (C=O) groups is 1. The predicted molar refractivity (Wildman–Crippen MR) is 98.4 cm³/mol. The van der Waals surface area contributed by atoms with Crippen LogP contribution in [0.1, 0.15) is 41.0 Å². The highest BCUT2D eigenvalue weighted by molar-refractivity contribution is 6.12. The van der Waals surface area contributed by atoms with E-state index >= 15 is 0 Å². The van der Waals surface area contributed by atoms with Gasteiger partial charge in [-0.3, -0.25) is 4.79 Å². The lowest BCUT2D eigenvalue weighted by Gasteiger charge is -2.12. The molecule has 0 bridgehead atoms. The number of benzene rings is 2. The van der Waals surface area contributed by atoms with Gasteiger partial charge >= 0.3 is 0 Å². The second-order valence-corrected chi connectivity index (χ2v) is 6.21. The number of hydrogen-bond donors (Lipinski definition) is 2. The summed E-state index contributed by atoms with van der Waals surface area (Å²) in [5.41, 5.74) is 4.95. The van der Waals surface area contributed by atoms with E-state index in [4.69, 9.17) is 5.21 Å². The van der Waals surface area contributed by atoms with Crippen LogP contribution in [0.2, 0.25) is 0 Å². The molecule has 2 N–H and O–H groups in total. The van der Waals surface area contributed by atoms with E-state index in [0.717, 1.165) is 22.5 Å². The van der Waals surface area contributed by atoms with E-state index in [1.165, 1.54) is 6.92 Å². The molecule has 1 heterocycles. The average molecular weight is 336 g/mol. The van der Waals surface area contributed by atoms with Crippen molar-refractivity contribution in [2.24, 2.45) is 5.16 Å². The van der Waals surface area contributed by atoms with Crippen molar-refractivity contribution in [3.05, 3.63) is 58.8 Å². The van der Waals surface area contributed by atoms with Crippen LogP contribution in [0, 0.1) is 13.8 Å². The highest BCUT2D eigenvalue weighted by Gasteiger charge is 2.21. The minimum atomic E-state index is -0.0606. The van der Waals surface area contributed by atoms with Gasteiger partial charge in [0, 0.05) is 27.9 Å². The number of oxime groups is 1. The molecule has 0 atom stereocenters. The minimum Gasteiger partial charge on any atom is -0.507 e. The summed E-state index contributed by atoms with van der Waals surface area (Å²) < 4.78 is 2.01. The van der Waals surface area contributed by atoms with Gasteiger partial charge in [-0.1, -0.05) is 23.4 Å². The van der Waals surface area contributed by atoms with Crippen LogP contribution in [-0.4, -0.2) is 26.4 Å². The number of hydrogen-bond acceptors (Lipinski definition) is 4. The van der Waals surface area contributed by atoms with E-state index in [9.17, 15) is 9.90 Å². The van der Waals surface area contributed by atoms with Gasteiger partial charge in [0.15, 0.2) is 5.78 Å². The third kappa shape index (κ3) is 2.58. The first-order valence-corrected chi connectivity index (χ1v) is 8.00. The third-order valence-corrected chi connectivity index (χ3v) is 4.57. The summed E-state index contributed by atoms with van der Waals surface area (Å²) in [7, 11) is 0.